The summed E-state index contributed by atoms with van der Waals surface area (Å²) in [4.78, 5) is 22.1. The Bertz CT molecular complexity index is 259. The van der Waals surface area contributed by atoms with Gasteiger partial charge in [-0.1, -0.05) is 0 Å². The van der Waals surface area contributed by atoms with Gasteiger partial charge >= 0.3 is 12.0 Å². The molecule has 1 atom stereocenters. The lowest BCUT2D eigenvalue weighted by Crippen LogP contribution is -2.55. The highest BCUT2D eigenvalue weighted by Crippen LogP contribution is 2.05. The second-order valence-electron chi connectivity index (χ2n) is 4.09. The SMILES string of the molecule is CC(C)(NC(=O)NC1CCOC1)C(=O)O. The Balaban J connectivity index is 2.38. The van der Waals surface area contributed by atoms with Crippen molar-refractivity contribution < 1.29 is 19.4 Å². The highest BCUT2D eigenvalue weighted by Gasteiger charge is 2.30. The standard InChI is InChI=1S/C9H16N2O4/c1-9(2,7(12)13)11-8(14)10-6-3-4-15-5-6/h6H,3-5H2,1-2H3,(H,12,13)(H2,10,11,14). The van der Waals surface area contributed by atoms with Crippen LogP contribution in [-0.4, -0.2) is 41.9 Å². The fraction of sp³-hybridized carbons (Fsp3) is 0.778. The van der Waals surface area contributed by atoms with Gasteiger partial charge in [0.1, 0.15) is 5.54 Å². The Labute approximate surface area is 88.0 Å². The minimum absolute atomic E-state index is 0.0189. The van der Waals surface area contributed by atoms with Gasteiger partial charge in [-0.3, -0.25) is 0 Å². The summed E-state index contributed by atoms with van der Waals surface area (Å²) in [7, 11) is 0. The maximum atomic E-state index is 11.4. The van der Waals surface area contributed by atoms with Crippen LogP contribution in [0, 0.1) is 0 Å². The summed E-state index contributed by atoms with van der Waals surface area (Å²) in [5.74, 6) is -1.07. The zero-order valence-electron chi connectivity index (χ0n) is 8.87. The van der Waals surface area contributed by atoms with Gasteiger partial charge in [0.15, 0.2) is 0 Å². The van der Waals surface area contributed by atoms with E-state index in [0.29, 0.717) is 13.2 Å². The number of carbonyl (C=O) groups excluding carboxylic acids is 1. The Kier molecular flexibility index (Phi) is 3.52. The molecule has 0 aromatic carbocycles. The molecule has 1 fully saturated rings. The molecule has 6 heteroatoms. The maximum absolute atomic E-state index is 11.4. The smallest absolute Gasteiger partial charge is 0.328 e. The van der Waals surface area contributed by atoms with E-state index >= 15 is 0 Å². The van der Waals surface area contributed by atoms with Crippen LogP contribution in [-0.2, 0) is 9.53 Å². The van der Waals surface area contributed by atoms with Crippen molar-refractivity contribution in [3.05, 3.63) is 0 Å². The van der Waals surface area contributed by atoms with E-state index in [9.17, 15) is 9.59 Å². The third-order valence-corrected chi connectivity index (χ3v) is 2.23. The van der Waals surface area contributed by atoms with Crippen molar-refractivity contribution in [2.45, 2.75) is 31.8 Å². The first-order chi connectivity index (χ1) is 6.92. The van der Waals surface area contributed by atoms with Crippen molar-refractivity contribution in [3.63, 3.8) is 0 Å². The quantitative estimate of drug-likeness (QED) is 0.616. The number of ether oxygens (including phenoxy) is 1. The molecule has 1 aliphatic heterocycles. The lowest BCUT2D eigenvalue weighted by Gasteiger charge is -2.22. The van der Waals surface area contributed by atoms with Crippen molar-refractivity contribution in [2.75, 3.05) is 13.2 Å². The fourth-order valence-corrected chi connectivity index (χ4v) is 1.21. The second kappa shape index (κ2) is 4.48. The van der Waals surface area contributed by atoms with E-state index in [1.165, 1.54) is 13.8 Å². The Hall–Kier alpha value is -1.30. The number of amides is 2. The van der Waals surface area contributed by atoms with Gasteiger partial charge in [0, 0.05) is 6.61 Å². The van der Waals surface area contributed by atoms with E-state index in [1.54, 1.807) is 0 Å². The molecule has 0 radical (unpaired) electrons. The zero-order valence-corrected chi connectivity index (χ0v) is 8.87. The van der Waals surface area contributed by atoms with Crippen LogP contribution in [0.15, 0.2) is 0 Å². The topological polar surface area (TPSA) is 87.7 Å². The molecular weight excluding hydrogens is 200 g/mol. The first-order valence-corrected chi connectivity index (χ1v) is 4.81. The second-order valence-corrected chi connectivity index (χ2v) is 4.09. The number of carbonyl (C=O) groups is 2. The summed E-state index contributed by atoms with van der Waals surface area (Å²) >= 11 is 0. The number of carboxylic acid groups (broad SMARTS) is 1. The van der Waals surface area contributed by atoms with Gasteiger partial charge in [-0.15, -0.1) is 0 Å². The van der Waals surface area contributed by atoms with Gasteiger partial charge in [0.05, 0.1) is 12.6 Å². The normalized spacial score (nSPS) is 21.1. The van der Waals surface area contributed by atoms with Gasteiger partial charge < -0.3 is 20.5 Å². The molecule has 0 aliphatic carbocycles. The number of urea groups is 1. The minimum Gasteiger partial charge on any atom is -0.480 e. The number of hydrogen-bond donors (Lipinski definition) is 3. The number of carboxylic acids is 1. The fourth-order valence-electron chi connectivity index (χ4n) is 1.21. The first kappa shape index (κ1) is 11.8. The van der Waals surface area contributed by atoms with Crippen LogP contribution in [0.25, 0.3) is 0 Å². The molecule has 15 heavy (non-hydrogen) atoms. The van der Waals surface area contributed by atoms with Crippen molar-refractivity contribution >= 4 is 12.0 Å². The van der Waals surface area contributed by atoms with Gasteiger partial charge in [-0.25, -0.2) is 9.59 Å². The number of rotatable bonds is 3. The lowest BCUT2D eigenvalue weighted by molar-refractivity contribution is -0.142. The predicted molar refractivity (Wildman–Crippen MR) is 52.6 cm³/mol. The van der Waals surface area contributed by atoms with E-state index in [2.05, 4.69) is 10.6 Å². The molecule has 0 saturated carbocycles. The molecular formula is C9H16N2O4. The predicted octanol–water partition coefficient (Wildman–Crippen LogP) is -0.0623. The van der Waals surface area contributed by atoms with Crippen molar-refractivity contribution in [2.24, 2.45) is 0 Å². The summed E-state index contributed by atoms with van der Waals surface area (Å²) in [5.41, 5.74) is -1.26. The van der Waals surface area contributed by atoms with Crippen LogP contribution in [0.2, 0.25) is 0 Å². The molecule has 0 aromatic rings. The van der Waals surface area contributed by atoms with Crippen molar-refractivity contribution in [1.82, 2.24) is 10.6 Å². The molecule has 1 saturated heterocycles. The van der Waals surface area contributed by atoms with Crippen LogP contribution >= 0.6 is 0 Å². The lowest BCUT2D eigenvalue weighted by atomic mass is 10.1. The maximum Gasteiger partial charge on any atom is 0.328 e. The average molecular weight is 216 g/mol. The first-order valence-electron chi connectivity index (χ1n) is 4.81. The monoisotopic (exact) mass is 216 g/mol. The van der Waals surface area contributed by atoms with E-state index in [-0.39, 0.29) is 6.04 Å². The van der Waals surface area contributed by atoms with E-state index in [0.717, 1.165) is 6.42 Å². The van der Waals surface area contributed by atoms with Crippen LogP contribution < -0.4 is 10.6 Å². The largest absolute Gasteiger partial charge is 0.480 e. The molecule has 1 heterocycles. The molecule has 1 aliphatic rings. The van der Waals surface area contributed by atoms with Crippen LogP contribution in [0.3, 0.4) is 0 Å². The van der Waals surface area contributed by atoms with Gasteiger partial charge in [0.25, 0.3) is 0 Å². The summed E-state index contributed by atoms with van der Waals surface area (Å²) < 4.78 is 5.08. The van der Waals surface area contributed by atoms with Gasteiger partial charge in [-0.05, 0) is 20.3 Å². The molecule has 1 rings (SSSR count). The number of aliphatic carboxylic acids is 1. The average Bonchev–Trinajstić information content (AvgIpc) is 2.54. The number of nitrogens with one attached hydrogen (secondary N) is 2. The van der Waals surface area contributed by atoms with Gasteiger partial charge in [-0.2, -0.15) is 0 Å². The van der Waals surface area contributed by atoms with Crippen molar-refractivity contribution in [3.8, 4) is 0 Å². The summed E-state index contributed by atoms with van der Waals surface area (Å²) in [6.07, 6.45) is 0.765. The molecule has 86 valence electrons. The van der Waals surface area contributed by atoms with Crippen LogP contribution in [0.1, 0.15) is 20.3 Å². The molecule has 2 amide bonds. The van der Waals surface area contributed by atoms with E-state index < -0.39 is 17.5 Å². The van der Waals surface area contributed by atoms with E-state index in [1.807, 2.05) is 0 Å². The highest BCUT2D eigenvalue weighted by atomic mass is 16.5. The highest BCUT2D eigenvalue weighted by molar-refractivity contribution is 5.85. The molecule has 3 N–H and O–H groups in total. The Morgan fingerprint density at radius 3 is 2.60 bits per heavy atom. The summed E-state index contributed by atoms with van der Waals surface area (Å²) in [6, 6.07) is -0.493. The molecule has 0 bridgehead atoms. The molecule has 6 nitrogen and oxygen atoms in total. The molecule has 0 spiro atoms. The Morgan fingerprint density at radius 1 is 1.47 bits per heavy atom. The van der Waals surface area contributed by atoms with Crippen LogP contribution in [0.4, 0.5) is 4.79 Å². The van der Waals surface area contributed by atoms with E-state index in [4.69, 9.17) is 9.84 Å². The Morgan fingerprint density at radius 2 is 2.13 bits per heavy atom. The van der Waals surface area contributed by atoms with Gasteiger partial charge in [0.2, 0.25) is 0 Å². The van der Waals surface area contributed by atoms with Crippen LogP contribution in [0.5, 0.6) is 0 Å². The zero-order chi connectivity index (χ0) is 11.5. The molecule has 1 unspecified atom stereocenters. The summed E-state index contributed by atoms with van der Waals surface area (Å²) in [6.45, 7) is 3.98. The third kappa shape index (κ3) is 3.39. The minimum atomic E-state index is -1.26. The summed E-state index contributed by atoms with van der Waals surface area (Å²) in [5, 5.41) is 13.8. The third-order valence-electron chi connectivity index (χ3n) is 2.23. The molecule has 0 aromatic heterocycles. The number of hydrogen-bond acceptors (Lipinski definition) is 3. The van der Waals surface area contributed by atoms with Crippen molar-refractivity contribution in [1.29, 1.82) is 0 Å².